The maximum atomic E-state index is 5.93. The lowest BCUT2D eigenvalue weighted by molar-refractivity contribution is 0.106. The lowest BCUT2D eigenvalue weighted by Crippen LogP contribution is -2.24. The fourth-order valence-corrected chi connectivity index (χ4v) is 2.41. The molecular weight excluding hydrogens is 258 g/mol. The predicted molar refractivity (Wildman–Crippen MR) is 88.6 cm³/mol. The number of aryl methyl sites for hydroxylation is 1. The van der Waals surface area contributed by atoms with E-state index in [0.29, 0.717) is 12.5 Å². The Labute approximate surface area is 128 Å². The molecule has 2 rings (SSSR count). The highest BCUT2D eigenvalue weighted by atomic mass is 16.5. The van der Waals surface area contributed by atoms with Crippen molar-refractivity contribution in [3.8, 4) is 0 Å². The van der Waals surface area contributed by atoms with E-state index in [-0.39, 0.29) is 0 Å². The van der Waals surface area contributed by atoms with Gasteiger partial charge < -0.3 is 10.1 Å². The Hall–Kier alpha value is -1.64. The van der Waals surface area contributed by atoms with Gasteiger partial charge in [-0.25, -0.2) is 0 Å². The van der Waals surface area contributed by atoms with Gasteiger partial charge in [-0.05, 0) is 24.6 Å². The average molecular weight is 283 g/mol. The largest absolute Gasteiger partial charge is 0.376 e. The SMILES string of the molecule is CCNCC(COCc1ccccc1)c1cccc(C)c1. The van der Waals surface area contributed by atoms with Gasteiger partial charge in [-0.3, -0.25) is 0 Å². The van der Waals surface area contributed by atoms with Crippen LogP contribution in [0.25, 0.3) is 0 Å². The fraction of sp³-hybridized carbons (Fsp3) is 0.368. The van der Waals surface area contributed by atoms with Gasteiger partial charge in [0.25, 0.3) is 0 Å². The van der Waals surface area contributed by atoms with E-state index in [9.17, 15) is 0 Å². The van der Waals surface area contributed by atoms with E-state index in [1.807, 2.05) is 6.07 Å². The fourth-order valence-electron chi connectivity index (χ4n) is 2.41. The van der Waals surface area contributed by atoms with Gasteiger partial charge in [0, 0.05) is 12.5 Å². The van der Waals surface area contributed by atoms with Crippen molar-refractivity contribution in [3.63, 3.8) is 0 Å². The van der Waals surface area contributed by atoms with Crippen LogP contribution in [0.15, 0.2) is 54.6 Å². The van der Waals surface area contributed by atoms with Crippen molar-refractivity contribution in [3.05, 3.63) is 71.3 Å². The van der Waals surface area contributed by atoms with Crippen LogP contribution in [0.3, 0.4) is 0 Å². The summed E-state index contributed by atoms with van der Waals surface area (Å²) in [5, 5.41) is 3.43. The van der Waals surface area contributed by atoms with Crippen LogP contribution in [-0.2, 0) is 11.3 Å². The molecule has 0 spiro atoms. The minimum absolute atomic E-state index is 0.397. The lowest BCUT2D eigenvalue weighted by atomic mass is 9.98. The second-order valence-corrected chi connectivity index (χ2v) is 5.42. The minimum atomic E-state index is 0.397. The molecule has 2 aromatic rings. The van der Waals surface area contributed by atoms with E-state index in [1.165, 1.54) is 16.7 Å². The molecule has 2 aromatic carbocycles. The first-order valence-corrected chi connectivity index (χ1v) is 7.68. The number of rotatable bonds is 8. The van der Waals surface area contributed by atoms with Gasteiger partial charge in [0.1, 0.15) is 0 Å². The number of likely N-dealkylation sites (N-methyl/N-ethyl adjacent to an activating group) is 1. The van der Waals surface area contributed by atoms with Gasteiger partial charge in [0.15, 0.2) is 0 Å². The number of ether oxygens (including phenoxy) is 1. The van der Waals surface area contributed by atoms with E-state index < -0.39 is 0 Å². The molecule has 0 heterocycles. The molecule has 0 saturated carbocycles. The van der Waals surface area contributed by atoms with Gasteiger partial charge in [-0.15, -0.1) is 0 Å². The first-order chi connectivity index (χ1) is 10.3. The monoisotopic (exact) mass is 283 g/mol. The van der Waals surface area contributed by atoms with Crippen LogP contribution < -0.4 is 5.32 Å². The highest BCUT2D eigenvalue weighted by Crippen LogP contribution is 2.17. The quantitative estimate of drug-likeness (QED) is 0.793. The third-order valence-corrected chi connectivity index (χ3v) is 3.58. The molecule has 0 aromatic heterocycles. The number of benzene rings is 2. The van der Waals surface area contributed by atoms with Crippen molar-refractivity contribution in [2.45, 2.75) is 26.4 Å². The highest BCUT2D eigenvalue weighted by molar-refractivity contribution is 5.26. The zero-order valence-corrected chi connectivity index (χ0v) is 13.0. The first-order valence-electron chi connectivity index (χ1n) is 7.68. The molecule has 0 aliphatic rings. The van der Waals surface area contributed by atoms with Crippen molar-refractivity contribution in [1.29, 1.82) is 0 Å². The summed E-state index contributed by atoms with van der Waals surface area (Å²) in [7, 11) is 0. The summed E-state index contributed by atoms with van der Waals surface area (Å²) in [5.74, 6) is 0.397. The van der Waals surface area contributed by atoms with E-state index in [4.69, 9.17) is 4.74 Å². The number of hydrogen-bond donors (Lipinski definition) is 1. The average Bonchev–Trinajstić information content (AvgIpc) is 2.51. The third kappa shape index (κ3) is 5.33. The van der Waals surface area contributed by atoms with Gasteiger partial charge in [-0.2, -0.15) is 0 Å². The summed E-state index contributed by atoms with van der Waals surface area (Å²) >= 11 is 0. The van der Waals surface area contributed by atoms with E-state index in [1.54, 1.807) is 0 Å². The molecule has 1 N–H and O–H groups in total. The Morgan fingerprint density at radius 2 is 1.86 bits per heavy atom. The lowest BCUT2D eigenvalue weighted by Gasteiger charge is -2.18. The third-order valence-electron chi connectivity index (χ3n) is 3.58. The summed E-state index contributed by atoms with van der Waals surface area (Å²) in [6, 6.07) is 19.1. The molecule has 112 valence electrons. The molecular formula is C19H25NO. The number of hydrogen-bond acceptors (Lipinski definition) is 2. The standard InChI is InChI=1S/C19H25NO/c1-3-20-13-19(18-11-7-8-16(2)12-18)15-21-14-17-9-5-4-6-10-17/h4-12,19-20H,3,13-15H2,1-2H3. The van der Waals surface area contributed by atoms with Crippen molar-refractivity contribution >= 4 is 0 Å². The van der Waals surface area contributed by atoms with Crippen LogP contribution >= 0.6 is 0 Å². The number of nitrogens with one attached hydrogen (secondary N) is 1. The topological polar surface area (TPSA) is 21.3 Å². The van der Waals surface area contributed by atoms with Gasteiger partial charge >= 0.3 is 0 Å². The zero-order valence-electron chi connectivity index (χ0n) is 13.0. The van der Waals surface area contributed by atoms with Crippen molar-refractivity contribution < 1.29 is 4.74 Å². The van der Waals surface area contributed by atoms with Gasteiger partial charge in [0.2, 0.25) is 0 Å². The molecule has 0 radical (unpaired) electrons. The maximum Gasteiger partial charge on any atom is 0.0717 e. The van der Waals surface area contributed by atoms with E-state index >= 15 is 0 Å². The maximum absolute atomic E-state index is 5.93. The molecule has 1 atom stereocenters. The molecule has 1 unspecified atom stereocenters. The van der Waals surface area contributed by atoms with Gasteiger partial charge in [-0.1, -0.05) is 67.1 Å². The molecule has 2 heteroatoms. The smallest absolute Gasteiger partial charge is 0.0717 e. The summed E-state index contributed by atoms with van der Waals surface area (Å²) in [4.78, 5) is 0. The molecule has 0 aliphatic heterocycles. The highest BCUT2D eigenvalue weighted by Gasteiger charge is 2.11. The van der Waals surface area contributed by atoms with E-state index in [0.717, 1.165) is 19.7 Å². The normalized spacial score (nSPS) is 12.3. The summed E-state index contributed by atoms with van der Waals surface area (Å²) < 4.78 is 5.93. The summed E-state index contributed by atoms with van der Waals surface area (Å²) in [5.41, 5.74) is 3.88. The Bertz CT molecular complexity index is 524. The summed E-state index contributed by atoms with van der Waals surface area (Å²) in [6.07, 6.45) is 0. The second-order valence-electron chi connectivity index (χ2n) is 5.42. The minimum Gasteiger partial charge on any atom is -0.376 e. The second kappa shape index (κ2) is 8.60. The molecule has 0 aliphatic carbocycles. The van der Waals surface area contributed by atoms with E-state index in [2.05, 4.69) is 67.7 Å². The summed E-state index contributed by atoms with van der Waals surface area (Å²) in [6.45, 7) is 7.63. The Morgan fingerprint density at radius 3 is 2.57 bits per heavy atom. The van der Waals surface area contributed by atoms with Crippen molar-refractivity contribution in [1.82, 2.24) is 5.32 Å². The zero-order chi connectivity index (χ0) is 14.9. The Morgan fingerprint density at radius 1 is 1.05 bits per heavy atom. The first kappa shape index (κ1) is 15.7. The van der Waals surface area contributed by atoms with Crippen LogP contribution in [0.2, 0.25) is 0 Å². The van der Waals surface area contributed by atoms with Crippen LogP contribution in [0.1, 0.15) is 29.5 Å². The molecule has 0 bridgehead atoms. The molecule has 2 nitrogen and oxygen atoms in total. The molecule has 0 saturated heterocycles. The van der Waals surface area contributed by atoms with Crippen LogP contribution in [0.5, 0.6) is 0 Å². The molecule has 21 heavy (non-hydrogen) atoms. The van der Waals surface area contributed by atoms with Gasteiger partial charge in [0.05, 0.1) is 13.2 Å². The van der Waals surface area contributed by atoms with Crippen LogP contribution in [0.4, 0.5) is 0 Å². The Kier molecular flexibility index (Phi) is 6.45. The van der Waals surface area contributed by atoms with Crippen molar-refractivity contribution in [2.75, 3.05) is 19.7 Å². The Balaban J connectivity index is 1.93. The molecule has 0 fully saturated rings. The van der Waals surface area contributed by atoms with Crippen LogP contribution in [-0.4, -0.2) is 19.7 Å². The van der Waals surface area contributed by atoms with Crippen LogP contribution in [0, 0.1) is 6.92 Å². The molecule has 0 amide bonds. The predicted octanol–water partition coefficient (Wildman–Crippen LogP) is 3.90. The van der Waals surface area contributed by atoms with Crippen molar-refractivity contribution in [2.24, 2.45) is 0 Å².